The third-order valence-corrected chi connectivity index (χ3v) is 3.56. The van der Waals surface area contributed by atoms with Crippen LogP contribution in [0, 0.1) is 0 Å². The summed E-state index contributed by atoms with van der Waals surface area (Å²) in [5, 5.41) is 6.48. The molecule has 2 heterocycles. The van der Waals surface area contributed by atoms with Crippen LogP contribution in [-0.4, -0.2) is 29.9 Å². The zero-order chi connectivity index (χ0) is 15.9. The minimum absolute atomic E-state index is 0.188. The van der Waals surface area contributed by atoms with Crippen molar-refractivity contribution >= 4 is 34.8 Å². The molecule has 0 unspecified atom stereocenters. The molecule has 0 spiro atoms. The highest BCUT2D eigenvalue weighted by Gasteiger charge is 2.19. The molecule has 114 valence electrons. The van der Waals surface area contributed by atoms with Gasteiger partial charge in [0.2, 0.25) is 0 Å². The van der Waals surface area contributed by atoms with Crippen LogP contribution in [0.5, 0.6) is 0 Å². The molecule has 2 N–H and O–H groups in total. The fourth-order valence-corrected chi connectivity index (χ4v) is 2.37. The van der Waals surface area contributed by atoms with Crippen molar-refractivity contribution in [2.45, 2.75) is 6.54 Å². The maximum absolute atomic E-state index is 11.8. The van der Waals surface area contributed by atoms with E-state index in [0.29, 0.717) is 0 Å². The molecule has 2 rings (SSSR count). The Morgan fingerprint density at radius 3 is 2.77 bits per heavy atom. The molecule has 0 saturated heterocycles. The molecule has 0 atom stereocenters. The maximum atomic E-state index is 11.8. The molecule has 0 aliphatic rings. The Kier molecular flexibility index (Phi) is 5.21. The number of nitrogens with zero attached hydrogens (tertiary/aromatic N) is 1. The number of methoxy groups -OCH3 is 1. The molecule has 2 aromatic rings. The number of anilines is 1. The summed E-state index contributed by atoms with van der Waals surface area (Å²) in [4.78, 5) is 39.2. The first-order chi connectivity index (χ1) is 10.6. The number of amides is 2. The van der Waals surface area contributed by atoms with Gasteiger partial charge < -0.3 is 15.4 Å². The van der Waals surface area contributed by atoms with E-state index < -0.39 is 17.8 Å². The van der Waals surface area contributed by atoms with Crippen LogP contribution in [0.25, 0.3) is 0 Å². The van der Waals surface area contributed by atoms with E-state index in [2.05, 4.69) is 20.4 Å². The number of aromatic nitrogens is 1. The van der Waals surface area contributed by atoms with E-state index in [4.69, 9.17) is 0 Å². The van der Waals surface area contributed by atoms with Crippen LogP contribution in [0.1, 0.15) is 15.2 Å². The summed E-state index contributed by atoms with van der Waals surface area (Å²) in [6.07, 6.45) is 3.20. The number of pyridine rings is 1. The van der Waals surface area contributed by atoms with Crippen LogP contribution in [0.15, 0.2) is 36.0 Å². The molecule has 22 heavy (non-hydrogen) atoms. The minimum atomic E-state index is -0.854. The van der Waals surface area contributed by atoms with E-state index in [0.717, 1.165) is 16.9 Å². The number of hydrogen-bond acceptors (Lipinski definition) is 6. The number of carbonyl (C=O) groups excluding carboxylic acids is 3. The first-order valence-corrected chi connectivity index (χ1v) is 7.13. The second-order valence-corrected chi connectivity index (χ2v) is 5.07. The predicted octanol–water partition coefficient (Wildman–Crippen LogP) is 1.18. The SMILES string of the molecule is COC(=O)c1sccc1NC(=O)C(=O)NCc1cccnc1. The highest BCUT2D eigenvalue weighted by Crippen LogP contribution is 2.22. The number of thiophene rings is 1. The lowest BCUT2D eigenvalue weighted by Crippen LogP contribution is -2.35. The average Bonchev–Trinajstić information content (AvgIpc) is 3.00. The van der Waals surface area contributed by atoms with Gasteiger partial charge in [0.1, 0.15) is 4.88 Å². The van der Waals surface area contributed by atoms with Gasteiger partial charge in [-0.1, -0.05) is 6.07 Å². The molecule has 0 aliphatic carbocycles. The molecule has 7 nitrogen and oxygen atoms in total. The Bertz CT molecular complexity index is 684. The van der Waals surface area contributed by atoms with Crippen molar-refractivity contribution in [1.29, 1.82) is 0 Å². The van der Waals surface area contributed by atoms with Gasteiger partial charge in [-0.2, -0.15) is 0 Å². The van der Waals surface area contributed by atoms with Crippen molar-refractivity contribution in [2.24, 2.45) is 0 Å². The zero-order valence-electron chi connectivity index (χ0n) is 11.7. The second kappa shape index (κ2) is 7.32. The van der Waals surface area contributed by atoms with Crippen molar-refractivity contribution in [3.05, 3.63) is 46.4 Å². The topological polar surface area (TPSA) is 97.4 Å². The van der Waals surface area contributed by atoms with E-state index >= 15 is 0 Å². The first kappa shape index (κ1) is 15.6. The monoisotopic (exact) mass is 319 g/mol. The fraction of sp³-hybridized carbons (Fsp3) is 0.143. The number of carbonyl (C=O) groups is 3. The third kappa shape index (κ3) is 3.89. The Morgan fingerprint density at radius 1 is 1.27 bits per heavy atom. The van der Waals surface area contributed by atoms with Crippen molar-refractivity contribution < 1.29 is 19.1 Å². The Hall–Kier alpha value is -2.74. The molecule has 0 radical (unpaired) electrons. The van der Waals surface area contributed by atoms with Gasteiger partial charge in [0.25, 0.3) is 0 Å². The Morgan fingerprint density at radius 2 is 2.09 bits per heavy atom. The molecule has 0 saturated carbocycles. The zero-order valence-corrected chi connectivity index (χ0v) is 12.5. The van der Waals surface area contributed by atoms with Crippen LogP contribution in [0.3, 0.4) is 0 Å². The van der Waals surface area contributed by atoms with E-state index in [-0.39, 0.29) is 17.1 Å². The summed E-state index contributed by atoms with van der Waals surface area (Å²) in [6.45, 7) is 0.188. The summed E-state index contributed by atoms with van der Waals surface area (Å²) in [5.74, 6) is -2.22. The largest absolute Gasteiger partial charge is 0.465 e. The number of ether oxygens (including phenoxy) is 1. The molecule has 2 amide bonds. The predicted molar refractivity (Wildman–Crippen MR) is 80.4 cm³/mol. The average molecular weight is 319 g/mol. The van der Waals surface area contributed by atoms with Crippen LogP contribution in [0.2, 0.25) is 0 Å². The van der Waals surface area contributed by atoms with Gasteiger partial charge in [-0.25, -0.2) is 4.79 Å². The molecular weight excluding hydrogens is 306 g/mol. The van der Waals surface area contributed by atoms with Gasteiger partial charge in [0.15, 0.2) is 0 Å². The molecule has 0 fully saturated rings. The molecule has 2 aromatic heterocycles. The van der Waals surface area contributed by atoms with Gasteiger partial charge in [-0.15, -0.1) is 11.3 Å². The summed E-state index contributed by atoms with van der Waals surface area (Å²) < 4.78 is 4.60. The normalized spacial score (nSPS) is 9.86. The Balaban J connectivity index is 1.93. The summed E-state index contributed by atoms with van der Waals surface area (Å²) in [5.41, 5.74) is 1.02. The number of rotatable bonds is 4. The second-order valence-electron chi connectivity index (χ2n) is 4.15. The van der Waals surface area contributed by atoms with E-state index in [1.165, 1.54) is 13.2 Å². The van der Waals surface area contributed by atoms with Crippen molar-refractivity contribution in [2.75, 3.05) is 12.4 Å². The Labute approximate surface area is 130 Å². The maximum Gasteiger partial charge on any atom is 0.350 e. The van der Waals surface area contributed by atoms with Gasteiger partial charge >= 0.3 is 17.8 Å². The van der Waals surface area contributed by atoms with Crippen molar-refractivity contribution in [1.82, 2.24) is 10.3 Å². The van der Waals surface area contributed by atoms with Crippen LogP contribution in [-0.2, 0) is 20.9 Å². The van der Waals surface area contributed by atoms with Gasteiger partial charge in [0, 0.05) is 18.9 Å². The van der Waals surface area contributed by atoms with Crippen molar-refractivity contribution in [3.63, 3.8) is 0 Å². The lowest BCUT2D eigenvalue weighted by Gasteiger charge is -2.06. The third-order valence-electron chi connectivity index (χ3n) is 2.67. The minimum Gasteiger partial charge on any atom is -0.465 e. The highest BCUT2D eigenvalue weighted by molar-refractivity contribution is 7.12. The lowest BCUT2D eigenvalue weighted by atomic mass is 10.3. The summed E-state index contributed by atoms with van der Waals surface area (Å²) in [6, 6.07) is 5.04. The quantitative estimate of drug-likeness (QED) is 0.651. The smallest absolute Gasteiger partial charge is 0.350 e. The van der Waals surface area contributed by atoms with Crippen LogP contribution >= 0.6 is 11.3 Å². The molecule has 8 heteroatoms. The molecule has 0 aromatic carbocycles. The molecular formula is C14H13N3O4S. The van der Waals surface area contributed by atoms with Crippen LogP contribution in [0.4, 0.5) is 5.69 Å². The lowest BCUT2D eigenvalue weighted by molar-refractivity contribution is -0.136. The number of hydrogen-bond donors (Lipinski definition) is 2. The molecule has 0 bridgehead atoms. The van der Waals surface area contributed by atoms with E-state index in [9.17, 15) is 14.4 Å². The standard InChI is InChI=1S/C14H13N3O4S/c1-21-14(20)11-10(4-6-22-11)17-13(19)12(18)16-8-9-3-2-5-15-7-9/h2-7H,8H2,1H3,(H,16,18)(H,17,19). The number of nitrogens with one attached hydrogen (secondary N) is 2. The van der Waals surface area contributed by atoms with Gasteiger partial charge in [-0.3, -0.25) is 14.6 Å². The summed E-state index contributed by atoms with van der Waals surface area (Å²) >= 11 is 1.12. The molecule has 0 aliphatic heterocycles. The first-order valence-electron chi connectivity index (χ1n) is 6.25. The summed E-state index contributed by atoms with van der Waals surface area (Å²) in [7, 11) is 1.24. The number of esters is 1. The fourth-order valence-electron chi connectivity index (χ4n) is 1.60. The van der Waals surface area contributed by atoms with E-state index in [1.807, 2.05) is 0 Å². The highest BCUT2D eigenvalue weighted by atomic mass is 32.1. The van der Waals surface area contributed by atoms with Gasteiger partial charge in [0.05, 0.1) is 12.8 Å². The van der Waals surface area contributed by atoms with Gasteiger partial charge in [-0.05, 0) is 23.1 Å². The van der Waals surface area contributed by atoms with Crippen molar-refractivity contribution in [3.8, 4) is 0 Å². The van der Waals surface area contributed by atoms with Crippen LogP contribution < -0.4 is 10.6 Å². The van der Waals surface area contributed by atoms with E-state index in [1.54, 1.807) is 29.9 Å².